The topological polar surface area (TPSA) is 62.3 Å². The first-order chi connectivity index (χ1) is 7.61. The van der Waals surface area contributed by atoms with E-state index in [0.29, 0.717) is 0 Å². The number of aromatic amines is 1. The molecule has 2 N–H and O–H groups in total. The van der Waals surface area contributed by atoms with Gasteiger partial charge in [-0.2, -0.15) is 0 Å². The zero-order chi connectivity index (χ0) is 11.7. The number of nitrogens with one attached hydrogen (secondary N) is 1. The predicted molar refractivity (Wildman–Crippen MR) is 63.9 cm³/mol. The Morgan fingerprint density at radius 3 is 2.94 bits per heavy atom. The highest BCUT2D eigenvalue weighted by Crippen LogP contribution is 2.31. The van der Waals surface area contributed by atoms with Crippen LogP contribution < -0.4 is 4.74 Å². The molecular formula is C11H10BrNO3. The maximum Gasteiger partial charge on any atom is 0.307 e. The summed E-state index contributed by atoms with van der Waals surface area (Å²) in [6.07, 6.45) is 1.73. The number of fused-ring (bicyclic) bond motifs is 1. The van der Waals surface area contributed by atoms with Crippen LogP contribution in [0.2, 0.25) is 0 Å². The summed E-state index contributed by atoms with van der Waals surface area (Å²) < 4.78 is 5.97. The minimum absolute atomic E-state index is 0.0127. The number of aliphatic carboxylic acids is 1. The lowest BCUT2D eigenvalue weighted by Gasteiger charge is -2.03. The van der Waals surface area contributed by atoms with Crippen molar-refractivity contribution in [3.63, 3.8) is 0 Å². The molecule has 2 aromatic rings. The second kappa shape index (κ2) is 4.17. The van der Waals surface area contributed by atoms with Crippen LogP contribution in [0, 0.1) is 0 Å². The highest BCUT2D eigenvalue weighted by Gasteiger charge is 2.10. The Labute approximate surface area is 100 Å². The summed E-state index contributed by atoms with van der Waals surface area (Å²) in [5.41, 5.74) is 1.64. The van der Waals surface area contributed by atoms with E-state index in [4.69, 9.17) is 9.84 Å². The molecule has 0 spiro atoms. The van der Waals surface area contributed by atoms with Gasteiger partial charge in [0.05, 0.1) is 18.0 Å². The lowest BCUT2D eigenvalue weighted by molar-refractivity contribution is -0.136. The quantitative estimate of drug-likeness (QED) is 0.910. The average Bonchev–Trinajstić information content (AvgIpc) is 2.59. The van der Waals surface area contributed by atoms with Gasteiger partial charge < -0.3 is 14.8 Å². The van der Waals surface area contributed by atoms with Gasteiger partial charge >= 0.3 is 5.97 Å². The van der Waals surface area contributed by atoms with Crippen molar-refractivity contribution >= 4 is 32.8 Å². The van der Waals surface area contributed by atoms with Gasteiger partial charge in [-0.1, -0.05) is 0 Å². The molecular weight excluding hydrogens is 274 g/mol. The van der Waals surface area contributed by atoms with Crippen molar-refractivity contribution < 1.29 is 14.6 Å². The first kappa shape index (κ1) is 11.0. The molecule has 84 valence electrons. The number of carboxylic acids is 1. The highest BCUT2D eigenvalue weighted by molar-refractivity contribution is 9.10. The molecule has 16 heavy (non-hydrogen) atoms. The molecule has 2 rings (SSSR count). The molecule has 0 aliphatic rings. The summed E-state index contributed by atoms with van der Waals surface area (Å²) in [7, 11) is 1.59. The van der Waals surface area contributed by atoms with Crippen molar-refractivity contribution in [1.29, 1.82) is 0 Å². The lowest BCUT2D eigenvalue weighted by atomic mass is 10.1. The normalized spacial score (nSPS) is 10.6. The third-order valence-electron chi connectivity index (χ3n) is 2.38. The highest BCUT2D eigenvalue weighted by atomic mass is 79.9. The molecule has 5 heteroatoms. The Morgan fingerprint density at radius 1 is 1.56 bits per heavy atom. The van der Waals surface area contributed by atoms with Crippen molar-refractivity contribution in [2.75, 3.05) is 7.11 Å². The number of carbonyl (C=O) groups is 1. The number of hydrogen-bond acceptors (Lipinski definition) is 2. The molecule has 0 aliphatic heterocycles. The molecule has 0 saturated carbocycles. The van der Waals surface area contributed by atoms with Crippen LogP contribution in [0.3, 0.4) is 0 Å². The zero-order valence-corrected chi connectivity index (χ0v) is 10.2. The van der Waals surface area contributed by atoms with Crippen molar-refractivity contribution in [3.05, 3.63) is 28.4 Å². The molecule has 0 saturated heterocycles. The first-order valence-electron chi connectivity index (χ1n) is 4.67. The number of benzene rings is 1. The Hall–Kier alpha value is -1.49. The fraction of sp³-hybridized carbons (Fsp3) is 0.182. The van der Waals surface area contributed by atoms with Gasteiger partial charge in [0, 0.05) is 23.2 Å². The molecule has 0 bridgehead atoms. The molecule has 0 fully saturated rings. The van der Waals surface area contributed by atoms with E-state index in [1.165, 1.54) is 0 Å². The number of rotatable bonds is 3. The van der Waals surface area contributed by atoms with Crippen LogP contribution in [-0.2, 0) is 11.2 Å². The van der Waals surface area contributed by atoms with E-state index in [-0.39, 0.29) is 6.42 Å². The van der Waals surface area contributed by atoms with Gasteiger partial charge in [0.1, 0.15) is 5.75 Å². The Balaban J connectivity index is 2.55. The molecule has 0 radical (unpaired) electrons. The predicted octanol–water partition coefficient (Wildman–Crippen LogP) is 2.57. The number of H-pyrrole nitrogens is 1. The van der Waals surface area contributed by atoms with E-state index < -0.39 is 5.97 Å². The number of hydrogen-bond donors (Lipinski definition) is 2. The van der Waals surface area contributed by atoms with Crippen LogP contribution in [0.4, 0.5) is 0 Å². The minimum Gasteiger partial charge on any atom is -0.495 e. The van der Waals surface area contributed by atoms with Crippen LogP contribution in [-0.4, -0.2) is 23.2 Å². The van der Waals surface area contributed by atoms with Gasteiger partial charge in [-0.05, 0) is 27.6 Å². The van der Waals surface area contributed by atoms with E-state index in [0.717, 1.165) is 26.7 Å². The number of halogens is 1. The fourth-order valence-corrected chi connectivity index (χ4v) is 2.15. The second-order valence-corrected chi connectivity index (χ2v) is 4.27. The monoisotopic (exact) mass is 283 g/mol. The maximum atomic E-state index is 10.7. The zero-order valence-electron chi connectivity index (χ0n) is 8.58. The smallest absolute Gasteiger partial charge is 0.307 e. The second-order valence-electron chi connectivity index (χ2n) is 3.42. The van der Waals surface area contributed by atoms with Crippen molar-refractivity contribution in [1.82, 2.24) is 4.98 Å². The van der Waals surface area contributed by atoms with E-state index >= 15 is 0 Å². The van der Waals surface area contributed by atoms with Crippen LogP contribution in [0.15, 0.2) is 22.8 Å². The van der Waals surface area contributed by atoms with Gasteiger partial charge in [-0.25, -0.2) is 0 Å². The van der Waals surface area contributed by atoms with E-state index in [9.17, 15) is 4.79 Å². The van der Waals surface area contributed by atoms with Crippen LogP contribution in [0.1, 0.15) is 5.56 Å². The van der Waals surface area contributed by atoms with Crippen molar-refractivity contribution in [2.24, 2.45) is 0 Å². The molecule has 0 aliphatic carbocycles. The summed E-state index contributed by atoms with van der Waals surface area (Å²) in [6.45, 7) is 0. The van der Waals surface area contributed by atoms with Gasteiger partial charge in [-0.15, -0.1) is 0 Å². The summed E-state index contributed by atoms with van der Waals surface area (Å²) in [6, 6.07) is 3.70. The molecule has 1 heterocycles. The molecule has 4 nitrogen and oxygen atoms in total. The maximum absolute atomic E-state index is 10.7. The molecule has 1 aromatic carbocycles. The Morgan fingerprint density at radius 2 is 2.31 bits per heavy atom. The summed E-state index contributed by atoms with van der Waals surface area (Å²) in [4.78, 5) is 13.7. The van der Waals surface area contributed by atoms with Crippen molar-refractivity contribution in [3.8, 4) is 5.75 Å². The van der Waals surface area contributed by atoms with Gasteiger partial charge in [-0.3, -0.25) is 4.79 Å². The number of methoxy groups -OCH3 is 1. The molecule has 1 aromatic heterocycles. The summed E-state index contributed by atoms with van der Waals surface area (Å²) in [5, 5.41) is 9.66. The van der Waals surface area contributed by atoms with Crippen LogP contribution in [0.5, 0.6) is 5.75 Å². The van der Waals surface area contributed by atoms with Crippen LogP contribution in [0.25, 0.3) is 10.9 Å². The largest absolute Gasteiger partial charge is 0.495 e. The van der Waals surface area contributed by atoms with E-state index in [1.54, 1.807) is 13.3 Å². The third kappa shape index (κ3) is 1.90. The van der Waals surface area contributed by atoms with E-state index in [2.05, 4.69) is 20.9 Å². The molecule has 0 atom stereocenters. The summed E-state index contributed by atoms with van der Waals surface area (Å²) in [5.74, 6) is -0.121. The van der Waals surface area contributed by atoms with E-state index in [1.807, 2.05) is 12.1 Å². The summed E-state index contributed by atoms with van der Waals surface area (Å²) >= 11 is 3.38. The number of aromatic nitrogens is 1. The van der Waals surface area contributed by atoms with Crippen LogP contribution >= 0.6 is 15.9 Å². The Bertz CT molecular complexity index is 547. The third-order valence-corrected chi connectivity index (χ3v) is 3.00. The minimum atomic E-state index is -0.840. The molecule has 0 amide bonds. The SMILES string of the molecule is COc1cc2[nH]cc(CC(=O)O)c2cc1Br. The van der Waals surface area contributed by atoms with Gasteiger partial charge in [0.15, 0.2) is 0 Å². The first-order valence-corrected chi connectivity index (χ1v) is 5.46. The number of ether oxygens (including phenoxy) is 1. The standard InChI is InChI=1S/C11H10BrNO3/c1-16-10-4-9-7(3-8(10)12)6(5-13-9)2-11(14)15/h3-5,13H,2H2,1H3,(H,14,15). The Kier molecular flexibility index (Phi) is 2.87. The molecule has 0 unspecified atom stereocenters. The average molecular weight is 284 g/mol. The lowest BCUT2D eigenvalue weighted by Crippen LogP contribution is -1.98. The number of carboxylic acid groups (broad SMARTS) is 1. The van der Waals surface area contributed by atoms with Crippen molar-refractivity contribution in [2.45, 2.75) is 6.42 Å². The fourth-order valence-electron chi connectivity index (χ4n) is 1.65. The van der Waals surface area contributed by atoms with Gasteiger partial charge in [0.25, 0.3) is 0 Å². The van der Waals surface area contributed by atoms with Gasteiger partial charge in [0.2, 0.25) is 0 Å².